The summed E-state index contributed by atoms with van der Waals surface area (Å²) in [6.45, 7) is 0. The maximum Gasteiger partial charge on any atom is 0.425 e. The molecule has 7 nitrogen and oxygen atoms in total. The monoisotopic (exact) mass is 327 g/mol. The normalized spacial score (nSPS) is 11.1. The Morgan fingerprint density at radius 1 is 1.26 bits per heavy atom. The molecule has 0 radical (unpaired) electrons. The van der Waals surface area contributed by atoms with Crippen LogP contribution < -0.4 is 5.32 Å². The molecular formula is C13H8F3N3O4. The fourth-order valence-electron chi connectivity index (χ4n) is 1.90. The van der Waals surface area contributed by atoms with Gasteiger partial charge < -0.3 is 10.4 Å². The Balaban J connectivity index is 2.60. The molecule has 1 aromatic carbocycles. The molecule has 0 amide bonds. The standard InChI is InChI=1S/C13H8F3N3O4/c14-13(15,16)10-8(4-1-5-9(10)19(22)23)18-11-7(12(20)21)3-2-6-17-11/h1-6H,(H,17,18)(H,20,21). The Kier molecular flexibility index (Phi) is 4.16. The minimum atomic E-state index is -5.01. The summed E-state index contributed by atoms with van der Waals surface area (Å²) in [5.74, 6) is -1.76. The molecule has 0 atom stereocenters. The van der Waals surface area contributed by atoms with Crippen LogP contribution in [0.15, 0.2) is 36.5 Å². The van der Waals surface area contributed by atoms with Crippen molar-refractivity contribution in [1.82, 2.24) is 4.98 Å². The first-order chi connectivity index (χ1) is 10.7. The van der Waals surface area contributed by atoms with Gasteiger partial charge >= 0.3 is 12.1 Å². The highest BCUT2D eigenvalue weighted by Gasteiger charge is 2.41. The smallest absolute Gasteiger partial charge is 0.425 e. The zero-order valence-electron chi connectivity index (χ0n) is 11.2. The lowest BCUT2D eigenvalue weighted by atomic mass is 10.1. The lowest BCUT2D eigenvalue weighted by molar-refractivity contribution is -0.387. The van der Waals surface area contributed by atoms with Gasteiger partial charge in [0.05, 0.1) is 10.6 Å². The number of hydrogen-bond acceptors (Lipinski definition) is 5. The first-order valence-electron chi connectivity index (χ1n) is 6.01. The van der Waals surface area contributed by atoms with E-state index in [1.807, 2.05) is 0 Å². The first kappa shape index (κ1) is 16.2. The van der Waals surface area contributed by atoms with E-state index in [1.54, 1.807) is 0 Å². The van der Waals surface area contributed by atoms with Crippen LogP contribution in [-0.2, 0) is 6.18 Å². The summed E-state index contributed by atoms with van der Waals surface area (Å²) in [5, 5.41) is 22.0. The van der Waals surface area contributed by atoms with Crippen molar-refractivity contribution in [3.05, 3.63) is 57.8 Å². The van der Waals surface area contributed by atoms with Gasteiger partial charge in [0.15, 0.2) is 5.56 Å². The molecule has 2 rings (SSSR count). The van der Waals surface area contributed by atoms with Gasteiger partial charge in [-0.05, 0) is 18.2 Å². The van der Waals surface area contributed by atoms with Crippen molar-refractivity contribution >= 4 is 23.2 Å². The summed E-state index contributed by atoms with van der Waals surface area (Å²) in [5.41, 5.74) is -3.68. The summed E-state index contributed by atoms with van der Waals surface area (Å²) >= 11 is 0. The Bertz CT molecular complexity index is 777. The number of pyridine rings is 1. The molecule has 120 valence electrons. The van der Waals surface area contributed by atoms with Crippen molar-refractivity contribution in [3.8, 4) is 0 Å². The number of aromatic nitrogens is 1. The number of rotatable bonds is 4. The number of nitro groups is 1. The van der Waals surface area contributed by atoms with E-state index in [9.17, 15) is 28.1 Å². The summed E-state index contributed by atoms with van der Waals surface area (Å²) in [6.07, 6.45) is -3.83. The third-order valence-corrected chi connectivity index (χ3v) is 2.81. The number of aromatic carboxylic acids is 1. The van der Waals surface area contributed by atoms with Crippen molar-refractivity contribution in [2.75, 3.05) is 5.32 Å². The van der Waals surface area contributed by atoms with Crippen molar-refractivity contribution in [3.63, 3.8) is 0 Å². The molecule has 0 spiro atoms. The van der Waals surface area contributed by atoms with Gasteiger partial charge in [0, 0.05) is 12.3 Å². The minimum absolute atomic E-state index is 0.356. The van der Waals surface area contributed by atoms with Crippen LogP contribution in [0.3, 0.4) is 0 Å². The average Bonchev–Trinajstić information content (AvgIpc) is 2.46. The van der Waals surface area contributed by atoms with Gasteiger partial charge in [-0.3, -0.25) is 10.1 Å². The zero-order valence-corrected chi connectivity index (χ0v) is 11.2. The van der Waals surface area contributed by atoms with Crippen molar-refractivity contribution in [2.24, 2.45) is 0 Å². The van der Waals surface area contributed by atoms with Crippen LogP contribution in [0.2, 0.25) is 0 Å². The topological polar surface area (TPSA) is 105 Å². The molecule has 0 bridgehead atoms. The van der Waals surface area contributed by atoms with Crippen LogP contribution >= 0.6 is 0 Å². The quantitative estimate of drug-likeness (QED) is 0.658. The molecule has 0 saturated carbocycles. The molecule has 2 N–H and O–H groups in total. The fourth-order valence-corrected chi connectivity index (χ4v) is 1.90. The number of alkyl halides is 3. The summed E-state index contributed by atoms with van der Waals surface area (Å²) in [6, 6.07) is 5.16. The number of carbonyl (C=O) groups is 1. The second-order valence-corrected chi connectivity index (χ2v) is 4.28. The average molecular weight is 327 g/mol. The van der Waals surface area contributed by atoms with Gasteiger partial charge in [-0.2, -0.15) is 13.2 Å². The molecule has 0 aliphatic rings. The minimum Gasteiger partial charge on any atom is -0.478 e. The van der Waals surface area contributed by atoms with E-state index in [2.05, 4.69) is 10.3 Å². The Morgan fingerprint density at radius 3 is 2.52 bits per heavy atom. The zero-order chi connectivity index (χ0) is 17.2. The predicted molar refractivity (Wildman–Crippen MR) is 72.6 cm³/mol. The molecule has 0 saturated heterocycles. The summed E-state index contributed by atoms with van der Waals surface area (Å²) in [7, 11) is 0. The number of nitro benzene ring substituents is 1. The van der Waals surface area contributed by atoms with Gasteiger partial charge in [0.1, 0.15) is 11.4 Å². The highest BCUT2D eigenvalue weighted by atomic mass is 19.4. The number of hydrogen-bond donors (Lipinski definition) is 2. The van der Waals surface area contributed by atoms with E-state index < -0.39 is 34.0 Å². The molecule has 1 heterocycles. The maximum absolute atomic E-state index is 13.1. The SMILES string of the molecule is O=C(O)c1cccnc1Nc1cccc([N+](=O)[O-])c1C(F)(F)F. The number of carboxylic acids is 1. The van der Waals surface area contributed by atoms with Crippen LogP contribution in [0.25, 0.3) is 0 Å². The van der Waals surface area contributed by atoms with Gasteiger partial charge in [0.2, 0.25) is 0 Å². The largest absolute Gasteiger partial charge is 0.478 e. The third kappa shape index (κ3) is 3.36. The van der Waals surface area contributed by atoms with Crippen LogP contribution in [0.5, 0.6) is 0 Å². The van der Waals surface area contributed by atoms with Crippen LogP contribution in [0, 0.1) is 10.1 Å². The number of nitrogens with one attached hydrogen (secondary N) is 1. The maximum atomic E-state index is 13.1. The second kappa shape index (κ2) is 5.91. The van der Waals surface area contributed by atoms with Crippen molar-refractivity contribution < 1.29 is 28.0 Å². The highest BCUT2D eigenvalue weighted by molar-refractivity contribution is 5.94. The van der Waals surface area contributed by atoms with Crippen LogP contribution in [0.4, 0.5) is 30.4 Å². The molecule has 0 fully saturated rings. The molecule has 0 aliphatic heterocycles. The van der Waals surface area contributed by atoms with E-state index in [1.165, 1.54) is 12.3 Å². The van der Waals surface area contributed by atoms with E-state index in [0.29, 0.717) is 6.07 Å². The molecule has 23 heavy (non-hydrogen) atoms. The Hall–Kier alpha value is -3.17. The van der Waals surface area contributed by atoms with Crippen LogP contribution in [-0.4, -0.2) is 21.0 Å². The molecule has 0 unspecified atom stereocenters. The van der Waals surface area contributed by atoms with E-state index >= 15 is 0 Å². The number of halogens is 3. The van der Waals surface area contributed by atoms with Crippen molar-refractivity contribution in [2.45, 2.75) is 6.18 Å². The fraction of sp³-hybridized carbons (Fsp3) is 0.0769. The lowest BCUT2D eigenvalue weighted by Gasteiger charge is -2.15. The summed E-state index contributed by atoms with van der Waals surface area (Å²) in [4.78, 5) is 24.4. The van der Waals surface area contributed by atoms with Gasteiger partial charge in [-0.1, -0.05) is 6.07 Å². The number of benzene rings is 1. The van der Waals surface area contributed by atoms with E-state index in [-0.39, 0.29) is 11.4 Å². The Labute approximate surface area is 126 Å². The van der Waals surface area contributed by atoms with Gasteiger partial charge in [-0.15, -0.1) is 0 Å². The Morgan fingerprint density at radius 2 is 1.96 bits per heavy atom. The van der Waals surface area contributed by atoms with Crippen LogP contribution in [0.1, 0.15) is 15.9 Å². The predicted octanol–water partition coefficient (Wildman–Crippen LogP) is 3.45. The lowest BCUT2D eigenvalue weighted by Crippen LogP contribution is -2.13. The molecule has 0 aliphatic carbocycles. The van der Waals surface area contributed by atoms with Gasteiger partial charge in [-0.25, -0.2) is 9.78 Å². The third-order valence-electron chi connectivity index (χ3n) is 2.81. The van der Waals surface area contributed by atoms with E-state index in [4.69, 9.17) is 5.11 Å². The molecule has 1 aromatic heterocycles. The number of nitrogens with zero attached hydrogens (tertiary/aromatic N) is 2. The second-order valence-electron chi connectivity index (χ2n) is 4.28. The first-order valence-corrected chi connectivity index (χ1v) is 6.01. The molecule has 10 heteroatoms. The highest BCUT2D eigenvalue weighted by Crippen LogP contribution is 2.41. The molecular weight excluding hydrogens is 319 g/mol. The van der Waals surface area contributed by atoms with Crippen molar-refractivity contribution in [1.29, 1.82) is 0 Å². The summed E-state index contributed by atoms with van der Waals surface area (Å²) < 4.78 is 39.4. The number of carboxylic acid groups (broad SMARTS) is 1. The molecule has 2 aromatic rings. The number of anilines is 2. The van der Waals surface area contributed by atoms with Gasteiger partial charge in [0.25, 0.3) is 5.69 Å². The van der Waals surface area contributed by atoms with E-state index in [0.717, 1.165) is 18.2 Å².